The standard InChI is InChI=1S/C44H26F34I2Si2/c45-29(46,31(49,50)33(53,54)35(57,58)37(61,62)39(65,66)41(69,70)43(73,74)75)21-27(79)81(23-13-5-1-6-14-23,24-15-7-2-8-16-24)82(25-17-9-3-10-18-25,26-19-11-4-12-20-26)28(80)22-30(47,48)32(51,52)34(55,56)36(59,60)38(63,64)40(67,68)42(71,72)44(76,77)78/h1-20,27-28H,21-22H2. The predicted molar refractivity (Wildman–Crippen MR) is 242 cm³/mol. The fourth-order valence-electron chi connectivity index (χ4n) is 8.67. The minimum absolute atomic E-state index is 0.547. The van der Waals surface area contributed by atoms with Crippen molar-refractivity contribution >= 4 is 81.1 Å². The van der Waals surface area contributed by atoms with Gasteiger partial charge >= 0.3 is 95.3 Å². The molecule has 0 spiro atoms. The first kappa shape index (κ1) is 70.9. The highest BCUT2D eigenvalue weighted by atomic mass is 127. The van der Waals surface area contributed by atoms with Crippen molar-refractivity contribution in [1.82, 2.24) is 0 Å². The van der Waals surface area contributed by atoms with Gasteiger partial charge in [-0.25, -0.2) is 0 Å². The van der Waals surface area contributed by atoms with Crippen LogP contribution in [-0.4, -0.2) is 118 Å². The molecule has 0 amide bonds. The molecule has 0 fully saturated rings. The molecule has 0 aliphatic heterocycles. The van der Waals surface area contributed by atoms with E-state index in [2.05, 4.69) is 0 Å². The Labute approximate surface area is 465 Å². The minimum atomic E-state index is -9.14. The third-order valence-corrected chi connectivity index (χ3v) is 40.7. The average Bonchev–Trinajstić information content (AvgIpc) is 3.43. The maximum atomic E-state index is 16.6. The summed E-state index contributed by atoms with van der Waals surface area (Å²) in [6, 6.07) is 16.1. The van der Waals surface area contributed by atoms with Crippen LogP contribution in [0.1, 0.15) is 12.8 Å². The van der Waals surface area contributed by atoms with Crippen molar-refractivity contribution in [3.8, 4) is 0 Å². The fraction of sp³-hybridized carbons (Fsp3) is 0.455. The number of benzene rings is 4. The highest BCUT2D eigenvalue weighted by Crippen LogP contribution is 2.67. The maximum Gasteiger partial charge on any atom is 0.460 e. The lowest BCUT2D eigenvalue weighted by Crippen LogP contribution is -2.92. The van der Waals surface area contributed by atoms with Gasteiger partial charge in [0.1, 0.15) is 15.2 Å². The van der Waals surface area contributed by atoms with Crippen LogP contribution in [0.2, 0.25) is 0 Å². The van der Waals surface area contributed by atoms with E-state index in [1.165, 1.54) is 0 Å². The van der Waals surface area contributed by atoms with Crippen molar-refractivity contribution in [2.45, 2.75) is 115 Å². The Bertz CT molecular complexity index is 2540. The lowest BCUT2D eigenvalue weighted by atomic mass is 9.88. The molecule has 0 aliphatic rings. The van der Waals surface area contributed by atoms with E-state index in [9.17, 15) is 79.0 Å². The number of hydrogen-bond donors (Lipinski definition) is 0. The molecule has 462 valence electrons. The molecule has 4 aromatic carbocycles. The van der Waals surface area contributed by atoms with E-state index >= 15 is 70.2 Å². The molecular weight excluding hydrogens is 1480 g/mol. The van der Waals surface area contributed by atoms with Crippen molar-refractivity contribution in [3.05, 3.63) is 121 Å². The van der Waals surface area contributed by atoms with Gasteiger partial charge in [-0.05, 0) is 0 Å². The summed E-state index contributed by atoms with van der Waals surface area (Å²) >= 11 is 1.09. The number of hydrogen-bond acceptors (Lipinski definition) is 0. The van der Waals surface area contributed by atoms with Crippen LogP contribution in [0.25, 0.3) is 0 Å². The maximum absolute atomic E-state index is 16.6. The van der Waals surface area contributed by atoms with Gasteiger partial charge < -0.3 is 0 Å². The second kappa shape index (κ2) is 21.7. The van der Waals surface area contributed by atoms with E-state index < -0.39 is 151 Å². The van der Waals surface area contributed by atoms with E-state index in [1.54, 1.807) is 0 Å². The summed E-state index contributed by atoms with van der Waals surface area (Å²) in [4.78, 5) is 0. The number of alkyl halides is 36. The SMILES string of the molecule is FC(F)(F)C(F)(F)C(F)(F)C(F)(F)C(F)(F)C(F)(F)C(F)(F)C(F)(F)CC(I)[Si](c1ccccc1)(c1ccccc1)[Si](c1ccccc1)(c1ccccc1)C(I)CC(F)(F)C(F)(F)C(F)(F)C(F)(F)C(F)(F)C(F)(F)C(F)(F)C(F)(F)F. The highest BCUT2D eigenvalue weighted by Gasteiger charge is 2.97. The zero-order valence-corrected chi connectivity index (χ0v) is 45.0. The smallest absolute Gasteiger partial charge is 0.200 e. The summed E-state index contributed by atoms with van der Waals surface area (Å²) in [6.07, 6.45) is -23.1. The van der Waals surface area contributed by atoms with Crippen LogP contribution in [0.15, 0.2) is 121 Å². The molecule has 38 heteroatoms. The lowest BCUT2D eigenvalue weighted by molar-refractivity contribution is -0.461. The molecule has 0 aromatic heterocycles. The molecule has 2 atom stereocenters. The Morgan fingerprint density at radius 1 is 0.232 bits per heavy atom. The molecular formula is C44H26F34I2Si2. The first-order chi connectivity index (χ1) is 36.4. The second-order valence-corrected chi connectivity index (χ2v) is 34.7. The van der Waals surface area contributed by atoms with E-state index in [4.69, 9.17) is 0 Å². The Morgan fingerprint density at radius 2 is 0.378 bits per heavy atom. The van der Waals surface area contributed by atoms with Crippen molar-refractivity contribution in [1.29, 1.82) is 0 Å². The zero-order chi connectivity index (χ0) is 64.0. The van der Waals surface area contributed by atoms with Crippen LogP contribution in [0.4, 0.5) is 149 Å². The Morgan fingerprint density at radius 3 is 0.537 bits per heavy atom. The van der Waals surface area contributed by atoms with Gasteiger partial charge in [-0.3, -0.25) is 0 Å². The van der Waals surface area contributed by atoms with Crippen LogP contribution in [0.3, 0.4) is 0 Å². The second-order valence-electron chi connectivity index (χ2n) is 17.7. The largest absolute Gasteiger partial charge is 0.460 e. The van der Waals surface area contributed by atoms with Crippen LogP contribution in [-0.2, 0) is 0 Å². The van der Waals surface area contributed by atoms with E-state index in [0.717, 1.165) is 72.8 Å². The molecule has 0 radical (unpaired) electrons. The van der Waals surface area contributed by atoms with Gasteiger partial charge in [0.2, 0.25) is 0 Å². The van der Waals surface area contributed by atoms with Gasteiger partial charge in [-0.2, -0.15) is 149 Å². The molecule has 82 heavy (non-hydrogen) atoms. The quantitative estimate of drug-likeness (QED) is 0.0301. The summed E-state index contributed by atoms with van der Waals surface area (Å²) in [5.74, 6) is -121. The molecule has 4 aromatic rings. The normalized spacial score (nSPS) is 16.3. The van der Waals surface area contributed by atoms with Crippen LogP contribution >= 0.6 is 45.2 Å². The molecule has 2 unspecified atom stereocenters. The Kier molecular flexibility index (Phi) is 18.7. The number of halogens is 36. The van der Waals surface area contributed by atoms with Crippen molar-refractivity contribution in [3.63, 3.8) is 0 Å². The molecule has 0 aliphatic carbocycles. The van der Waals surface area contributed by atoms with E-state index in [-0.39, 0.29) is 0 Å². The van der Waals surface area contributed by atoms with Gasteiger partial charge in [-0.15, -0.1) is 0 Å². The summed E-state index contributed by atoms with van der Waals surface area (Å²) in [5.41, 5.74) is 0. The van der Waals surface area contributed by atoms with Crippen LogP contribution in [0, 0.1) is 0 Å². The third kappa shape index (κ3) is 9.90. The summed E-state index contributed by atoms with van der Waals surface area (Å²) in [7, 11) is -12.3. The van der Waals surface area contributed by atoms with Crippen LogP contribution < -0.4 is 20.7 Å². The monoisotopic (exact) mass is 1510 g/mol. The highest BCUT2D eigenvalue weighted by molar-refractivity contribution is 14.1. The summed E-state index contributed by atoms with van der Waals surface area (Å²) in [5, 5.41) is -3.17. The fourth-order valence-corrected chi connectivity index (χ4v) is 42.9. The molecule has 4 rings (SSSR count). The van der Waals surface area contributed by atoms with E-state index in [1.807, 2.05) is 0 Å². The molecule has 0 N–H and O–H groups in total. The van der Waals surface area contributed by atoms with Gasteiger partial charge in [0.05, 0.1) is 0 Å². The minimum Gasteiger partial charge on any atom is -0.200 e. The number of rotatable bonds is 23. The topological polar surface area (TPSA) is 0 Å². The molecule has 0 saturated heterocycles. The third-order valence-electron chi connectivity index (χ3n) is 12.9. The summed E-state index contributed by atoms with van der Waals surface area (Å²) in [6.45, 7) is 0. The van der Waals surface area contributed by atoms with Crippen molar-refractivity contribution < 1.29 is 149 Å². The van der Waals surface area contributed by atoms with Gasteiger partial charge in [0.25, 0.3) is 0 Å². The molecule has 0 saturated carbocycles. The van der Waals surface area contributed by atoms with Gasteiger partial charge in [-0.1, -0.05) is 187 Å². The Balaban J connectivity index is 2.21. The molecule has 0 bridgehead atoms. The summed E-state index contributed by atoms with van der Waals surface area (Å²) < 4.78 is 493. The van der Waals surface area contributed by atoms with Crippen molar-refractivity contribution in [2.24, 2.45) is 0 Å². The van der Waals surface area contributed by atoms with Gasteiger partial charge in [0.15, 0.2) is 0 Å². The first-order valence-corrected chi connectivity index (χ1v) is 29.0. The van der Waals surface area contributed by atoms with Crippen molar-refractivity contribution in [2.75, 3.05) is 0 Å². The van der Waals surface area contributed by atoms with E-state index in [0.29, 0.717) is 93.7 Å². The average molecular weight is 1510 g/mol. The first-order valence-electron chi connectivity index (χ1n) is 21.4. The predicted octanol–water partition coefficient (Wildman–Crippen LogP) is 16.1. The van der Waals surface area contributed by atoms with Crippen LogP contribution in [0.5, 0.6) is 0 Å². The molecule has 0 nitrogen and oxygen atoms in total. The zero-order valence-electron chi connectivity index (χ0n) is 38.7. The lowest BCUT2D eigenvalue weighted by Gasteiger charge is -2.55. The Hall–Kier alpha value is -3.61. The molecule has 0 heterocycles. The van der Waals surface area contributed by atoms with Gasteiger partial charge in [0, 0.05) is 19.9 Å².